The summed E-state index contributed by atoms with van der Waals surface area (Å²) in [6.45, 7) is 7.04. The number of nitrogens with one attached hydrogen (secondary N) is 2. The summed E-state index contributed by atoms with van der Waals surface area (Å²) in [5.41, 5.74) is -2.74. The van der Waals surface area contributed by atoms with Crippen LogP contribution in [-0.2, 0) is 33.1 Å². The van der Waals surface area contributed by atoms with Crippen LogP contribution in [0.3, 0.4) is 0 Å². The monoisotopic (exact) mass is 394 g/mol. The van der Waals surface area contributed by atoms with Gasteiger partial charge >= 0.3 is 16.4 Å². The lowest BCUT2D eigenvalue weighted by atomic mass is 10.00. The molecule has 1 aliphatic heterocycles. The zero-order valence-corrected chi connectivity index (χ0v) is 16.1. The van der Waals surface area contributed by atoms with E-state index in [2.05, 4.69) is 19.0 Å². The minimum atomic E-state index is -4.59. The van der Waals surface area contributed by atoms with E-state index in [1.807, 2.05) is 27.7 Å². The second-order valence-corrected chi connectivity index (χ2v) is 8.23. The largest absolute Gasteiger partial charge is 0.479 e. The van der Waals surface area contributed by atoms with Crippen LogP contribution in [0.1, 0.15) is 40.5 Å². The van der Waals surface area contributed by atoms with Gasteiger partial charge in [-0.15, -0.1) is 0 Å². The fourth-order valence-corrected chi connectivity index (χ4v) is 3.16. The third-order valence-corrected chi connectivity index (χ3v) is 4.61. The molecule has 10 nitrogen and oxygen atoms in total. The standard InChI is InChI=1S/C15H26N2O8S/c1-9(2)5-6-16-12(18)11(7-10(3)4)17-13(19)15(14(20)21)8-24-26(22,23)25-15/h9-11H,5-8H2,1-4H3,(H,16,18)(H,17,19)(H,20,21)/t11-,15?/m0/s1. The Bertz CT molecular complexity index is 646. The van der Waals surface area contributed by atoms with Crippen LogP contribution in [0.4, 0.5) is 0 Å². The molecule has 0 aromatic heterocycles. The maximum atomic E-state index is 12.4. The predicted octanol–water partition coefficient (Wildman–Crippen LogP) is -0.205. The van der Waals surface area contributed by atoms with Gasteiger partial charge in [0.25, 0.3) is 11.5 Å². The normalized spacial score (nSPS) is 23.0. The maximum Gasteiger partial charge on any atom is 0.401 e. The lowest BCUT2D eigenvalue weighted by Gasteiger charge is -2.25. The summed E-state index contributed by atoms with van der Waals surface area (Å²) in [6, 6.07) is -1.03. The molecule has 150 valence electrons. The summed E-state index contributed by atoms with van der Waals surface area (Å²) in [7, 11) is -4.59. The fourth-order valence-electron chi connectivity index (χ4n) is 2.26. The van der Waals surface area contributed by atoms with Gasteiger partial charge in [-0.3, -0.25) is 9.59 Å². The highest BCUT2D eigenvalue weighted by Crippen LogP contribution is 2.26. The highest BCUT2D eigenvalue weighted by atomic mass is 32.3. The highest BCUT2D eigenvalue weighted by molar-refractivity contribution is 7.82. The zero-order chi connectivity index (χ0) is 20.1. The Morgan fingerprint density at radius 3 is 2.19 bits per heavy atom. The van der Waals surface area contributed by atoms with E-state index in [0.717, 1.165) is 6.42 Å². The highest BCUT2D eigenvalue weighted by Gasteiger charge is 2.58. The number of carboxylic acid groups (broad SMARTS) is 1. The Balaban J connectivity index is 2.90. The first-order chi connectivity index (χ1) is 11.9. The van der Waals surface area contributed by atoms with Gasteiger partial charge < -0.3 is 15.7 Å². The molecule has 1 fully saturated rings. The second-order valence-electron chi connectivity index (χ2n) is 7.02. The molecule has 2 atom stereocenters. The van der Waals surface area contributed by atoms with Gasteiger partial charge in [-0.05, 0) is 24.7 Å². The lowest BCUT2D eigenvalue weighted by molar-refractivity contribution is -0.162. The molecule has 1 unspecified atom stereocenters. The molecule has 0 bridgehead atoms. The van der Waals surface area contributed by atoms with Crippen LogP contribution in [0.25, 0.3) is 0 Å². The average molecular weight is 394 g/mol. The summed E-state index contributed by atoms with van der Waals surface area (Å²) < 4.78 is 31.2. The van der Waals surface area contributed by atoms with Gasteiger partial charge in [0, 0.05) is 6.54 Å². The molecule has 1 aliphatic rings. The van der Waals surface area contributed by atoms with Gasteiger partial charge in [0.2, 0.25) is 5.91 Å². The Labute approximate surface area is 152 Å². The van der Waals surface area contributed by atoms with E-state index in [4.69, 9.17) is 0 Å². The molecule has 3 N–H and O–H groups in total. The number of carbonyl (C=O) groups is 3. The summed E-state index contributed by atoms with van der Waals surface area (Å²) in [5.74, 6) is -3.16. The van der Waals surface area contributed by atoms with Crippen molar-refractivity contribution in [3.05, 3.63) is 0 Å². The fraction of sp³-hybridized carbons (Fsp3) is 0.800. The molecule has 1 heterocycles. The van der Waals surface area contributed by atoms with Crippen LogP contribution in [0.15, 0.2) is 0 Å². The van der Waals surface area contributed by atoms with Crippen LogP contribution in [0.5, 0.6) is 0 Å². The first kappa shape index (κ1) is 22.3. The minimum absolute atomic E-state index is 0.0152. The molecule has 26 heavy (non-hydrogen) atoms. The molecule has 1 saturated heterocycles. The maximum absolute atomic E-state index is 12.4. The molecule has 0 saturated carbocycles. The van der Waals surface area contributed by atoms with Gasteiger partial charge in [-0.2, -0.15) is 8.42 Å². The van der Waals surface area contributed by atoms with E-state index in [9.17, 15) is 27.9 Å². The number of carboxylic acids is 1. The Hall–Kier alpha value is -1.72. The summed E-state index contributed by atoms with van der Waals surface area (Å²) >= 11 is 0. The van der Waals surface area contributed by atoms with E-state index in [-0.39, 0.29) is 12.3 Å². The van der Waals surface area contributed by atoms with Gasteiger partial charge in [0.05, 0.1) is 0 Å². The van der Waals surface area contributed by atoms with Crippen molar-refractivity contribution in [1.29, 1.82) is 0 Å². The molecule has 0 aliphatic carbocycles. The van der Waals surface area contributed by atoms with Crippen molar-refractivity contribution >= 4 is 28.2 Å². The molecule has 0 spiro atoms. The number of hydrogen-bond donors (Lipinski definition) is 3. The quantitative estimate of drug-likeness (QED) is 0.455. The smallest absolute Gasteiger partial charge is 0.401 e. The second kappa shape index (κ2) is 8.78. The molecule has 11 heteroatoms. The van der Waals surface area contributed by atoms with Gasteiger partial charge in [-0.1, -0.05) is 27.7 Å². The molecule has 0 aromatic carbocycles. The van der Waals surface area contributed by atoms with Crippen molar-refractivity contribution in [2.24, 2.45) is 11.8 Å². The lowest BCUT2D eigenvalue weighted by Crippen LogP contribution is -2.59. The summed E-state index contributed by atoms with van der Waals surface area (Å²) in [5, 5.41) is 14.2. The van der Waals surface area contributed by atoms with E-state index in [1.165, 1.54) is 0 Å². The van der Waals surface area contributed by atoms with Gasteiger partial charge in [-0.25, -0.2) is 13.2 Å². The SMILES string of the molecule is CC(C)CCNC(=O)[C@H](CC(C)C)NC(=O)C1(C(=O)O)COS(=O)(=O)O1. The third-order valence-electron chi connectivity index (χ3n) is 3.71. The Kier molecular flexibility index (Phi) is 7.54. The van der Waals surface area contributed by atoms with E-state index in [1.54, 1.807) is 0 Å². The van der Waals surface area contributed by atoms with Crippen LogP contribution < -0.4 is 10.6 Å². The average Bonchev–Trinajstić information content (AvgIpc) is 2.83. The van der Waals surface area contributed by atoms with Crippen LogP contribution >= 0.6 is 0 Å². The molecule has 0 radical (unpaired) electrons. The molecule has 2 amide bonds. The van der Waals surface area contributed by atoms with E-state index in [0.29, 0.717) is 12.5 Å². The van der Waals surface area contributed by atoms with Gasteiger partial charge in [0.15, 0.2) is 0 Å². The number of carbonyl (C=O) groups excluding carboxylic acids is 2. The van der Waals surface area contributed by atoms with Crippen molar-refractivity contribution in [2.45, 2.75) is 52.2 Å². The third kappa shape index (κ3) is 5.92. The molecular formula is C15H26N2O8S. The van der Waals surface area contributed by atoms with Crippen molar-refractivity contribution in [3.8, 4) is 0 Å². The van der Waals surface area contributed by atoms with Crippen molar-refractivity contribution < 1.29 is 36.3 Å². The van der Waals surface area contributed by atoms with E-state index >= 15 is 0 Å². The van der Waals surface area contributed by atoms with Crippen LogP contribution in [0, 0.1) is 11.8 Å². The van der Waals surface area contributed by atoms with E-state index < -0.39 is 46.4 Å². The predicted molar refractivity (Wildman–Crippen MR) is 90.2 cm³/mol. The number of hydrogen-bond acceptors (Lipinski definition) is 7. The number of rotatable bonds is 9. The minimum Gasteiger partial charge on any atom is -0.479 e. The molecule has 1 rings (SSSR count). The van der Waals surface area contributed by atoms with Crippen LogP contribution in [-0.4, -0.2) is 56.1 Å². The molecular weight excluding hydrogens is 368 g/mol. The van der Waals surface area contributed by atoms with Crippen molar-refractivity contribution in [1.82, 2.24) is 10.6 Å². The Morgan fingerprint density at radius 1 is 1.15 bits per heavy atom. The summed E-state index contributed by atoms with van der Waals surface area (Å²) in [6.07, 6.45) is 0.977. The topological polar surface area (TPSA) is 148 Å². The van der Waals surface area contributed by atoms with Crippen molar-refractivity contribution in [2.75, 3.05) is 13.2 Å². The van der Waals surface area contributed by atoms with Gasteiger partial charge in [0.1, 0.15) is 12.6 Å². The Morgan fingerprint density at radius 2 is 1.77 bits per heavy atom. The number of aliphatic carboxylic acids is 1. The van der Waals surface area contributed by atoms with Crippen LogP contribution in [0.2, 0.25) is 0 Å². The van der Waals surface area contributed by atoms with Crippen molar-refractivity contribution in [3.63, 3.8) is 0 Å². The molecule has 0 aromatic rings. The zero-order valence-electron chi connectivity index (χ0n) is 15.3. The number of amides is 2. The first-order valence-corrected chi connectivity index (χ1v) is 9.65. The first-order valence-electron chi connectivity index (χ1n) is 8.31. The summed E-state index contributed by atoms with van der Waals surface area (Å²) in [4.78, 5) is 36.2.